The molecular weight excluding hydrogens is 406 g/mol. The molecule has 0 saturated heterocycles. The second-order valence-electron chi connectivity index (χ2n) is 8.00. The van der Waals surface area contributed by atoms with Gasteiger partial charge in [-0.15, -0.1) is 21.5 Å². The number of aromatic nitrogens is 4. The van der Waals surface area contributed by atoms with Gasteiger partial charge in [0.25, 0.3) is 5.91 Å². The standard InChI is InChI=1S/C24H19N5OS/c1-14-2-10-19-20(12-14)31-24(26-19)16-5-8-18(9-6-16)25-23(30)17-7-11-21-27-28-22(15-3-4-15)29(21)13-17/h2,5-13,15H,3-4H2,1H3,(H,25,30). The van der Waals surface area contributed by atoms with Crippen molar-refractivity contribution in [2.45, 2.75) is 25.7 Å². The van der Waals surface area contributed by atoms with E-state index in [0.717, 1.165) is 46.1 Å². The first kappa shape index (κ1) is 18.2. The normalized spacial score (nSPS) is 13.7. The molecule has 0 unspecified atom stereocenters. The molecule has 0 atom stereocenters. The number of amides is 1. The van der Waals surface area contributed by atoms with Crippen molar-refractivity contribution in [2.24, 2.45) is 0 Å². The molecule has 1 fully saturated rings. The van der Waals surface area contributed by atoms with Gasteiger partial charge in [0.15, 0.2) is 5.65 Å². The van der Waals surface area contributed by atoms with Crippen LogP contribution < -0.4 is 5.32 Å². The number of fused-ring (bicyclic) bond motifs is 2. The highest BCUT2D eigenvalue weighted by molar-refractivity contribution is 7.21. The second-order valence-corrected chi connectivity index (χ2v) is 9.03. The molecule has 1 amide bonds. The van der Waals surface area contributed by atoms with Crippen LogP contribution in [-0.4, -0.2) is 25.5 Å². The number of rotatable bonds is 4. The zero-order chi connectivity index (χ0) is 20.9. The predicted octanol–water partition coefficient (Wildman–Crippen LogP) is 5.44. The number of thiazole rings is 1. The summed E-state index contributed by atoms with van der Waals surface area (Å²) in [4.78, 5) is 17.5. The highest BCUT2D eigenvalue weighted by atomic mass is 32.1. The fourth-order valence-electron chi connectivity index (χ4n) is 3.72. The SMILES string of the molecule is Cc1ccc2nc(-c3ccc(NC(=O)c4ccc5nnc(C6CC6)n5c4)cc3)sc2c1. The van der Waals surface area contributed by atoms with E-state index in [4.69, 9.17) is 4.98 Å². The second kappa shape index (κ2) is 6.99. The first-order valence-electron chi connectivity index (χ1n) is 10.3. The first-order valence-corrected chi connectivity index (χ1v) is 11.1. The van der Waals surface area contributed by atoms with Crippen LogP contribution in [0.4, 0.5) is 5.69 Å². The molecule has 2 aromatic carbocycles. The molecule has 152 valence electrons. The van der Waals surface area contributed by atoms with Crippen LogP contribution in [0.5, 0.6) is 0 Å². The Kier molecular flexibility index (Phi) is 4.11. The minimum atomic E-state index is -0.152. The summed E-state index contributed by atoms with van der Waals surface area (Å²) in [6.07, 6.45) is 4.10. The Hall–Kier alpha value is -3.58. The molecule has 1 aliphatic carbocycles. The molecule has 31 heavy (non-hydrogen) atoms. The van der Waals surface area contributed by atoms with Crippen LogP contribution in [0.25, 0.3) is 26.4 Å². The third kappa shape index (κ3) is 3.37. The van der Waals surface area contributed by atoms with Gasteiger partial charge in [0.1, 0.15) is 10.8 Å². The highest BCUT2D eigenvalue weighted by Crippen LogP contribution is 2.39. The summed E-state index contributed by atoms with van der Waals surface area (Å²) in [5.41, 5.74) is 5.38. The molecular formula is C24H19N5OS. The highest BCUT2D eigenvalue weighted by Gasteiger charge is 2.28. The average Bonchev–Trinajstić information content (AvgIpc) is 3.39. The maximum atomic E-state index is 12.8. The predicted molar refractivity (Wildman–Crippen MR) is 123 cm³/mol. The van der Waals surface area contributed by atoms with Crippen LogP contribution >= 0.6 is 11.3 Å². The van der Waals surface area contributed by atoms with Crippen LogP contribution in [0.3, 0.4) is 0 Å². The van der Waals surface area contributed by atoms with Crippen LogP contribution in [0.2, 0.25) is 0 Å². The van der Waals surface area contributed by atoms with Crippen molar-refractivity contribution in [3.05, 3.63) is 77.7 Å². The van der Waals surface area contributed by atoms with Crippen LogP contribution in [0.1, 0.15) is 40.5 Å². The van der Waals surface area contributed by atoms with Crippen molar-refractivity contribution >= 4 is 38.8 Å². The van der Waals surface area contributed by atoms with Crippen molar-refractivity contribution in [3.8, 4) is 10.6 Å². The fourth-order valence-corrected chi connectivity index (χ4v) is 4.79. The molecule has 3 aromatic heterocycles. The minimum absolute atomic E-state index is 0.152. The maximum absolute atomic E-state index is 12.8. The van der Waals surface area contributed by atoms with E-state index >= 15 is 0 Å². The van der Waals surface area contributed by atoms with E-state index in [-0.39, 0.29) is 5.91 Å². The number of anilines is 1. The lowest BCUT2D eigenvalue weighted by atomic mass is 10.2. The summed E-state index contributed by atoms with van der Waals surface area (Å²) < 4.78 is 3.12. The van der Waals surface area contributed by atoms with Gasteiger partial charge in [0.05, 0.1) is 15.8 Å². The maximum Gasteiger partial charge on any atom is 0.257 e. The van der Waals surface area contributed by atoms with Gasteiger partial charge in [-0.2, -0.15) is 0 Å². The molecule has 6 rings (SSSR count). The Bertz CT molecular complexity index is 1450. The van der Waals surface area contributed by atoms with E-state index in [0.29, 0.717) is 11.5 Å². The zero-order valence-corrected chi connectivity index (χ0v) is 17.7. The Morgan fingerprint density at radius 1 is 1.06 bits per heavy atom. The molecule has 7 heteroatoms. The Morgan fingerprint density at radius 3 is 2.71 bits per heavy atom. The molecule has 0 bridgehead atoms. The van der Waals surface area contributed by atoms with Gasteiger partial charge in [-0.1, -0.05) is 6.07 Å². The number of carbonyl (C=O) groups is 1. The Labute approximate surface area is 182 Å². The van der Waals surface area contributed by atoms with Crippen LogP contribution in [0.15, 0.2) is 60.8 Å². The molecule has 5 aromatic rings. The quantitative estimate of drug-likeness (QED) is 0.416. The average molecular weight is 426 g/mol. The Balaban J connectivity index is 1.23. The summed E-state index contributed by atoms with van der Waals surface area (Å²) in [6.45, 7) is 2.09. The molecule has 1 N–H and O–H groups in total. The van der Waals surface area contributed by atoms with Crippen molar-refractivity contribution in [1.29, 1.82) is 0 Å². The number of nitrogens with zero attached hydrogens (tertiary/aromatic N) is 4. The van der Waals surface area contributed by atoms with Crippen LogP contribution in [0, 0.1) is 6.92 Å². The van der Waals surface area contributed by atoms with E-state index in [1.165, 1.54) is 10.3 Å². The van der Waals surface area contributed by atoms with Gasteiger partial charge < -0.3 is 5.32 Å². The smallest absolute Gasteiger partial charge is 0.257 e. The van der Waals surface area contributed by atoms with E-state index < -0.39 is 0 Å². The van der Waals surface area contributed by atoms with Crippen molar-refractivity contribution in [2.75, 3.05) is 5.32 Å². The van der Waals surface area contributed by atoms with E-state index in [2.05, 4.69) is 40.6 Å². The van der Waals surface area contributed by atoms with E-state index in [9.17, 15) is 4.79 Å². The van der Waals surface area contributed by atoms with E-state index in [1.807, 2.05) is 40.9 Å². The third-order valence-electron chi connectivity index (χ3n) is 5.57. The molecule has 0 spiro atoms. The third-order valence-corrected chi connectivity index (χ3v) is 6.63. The number of aryl methyl sites for hydroxylation is 1. The lowest BCUT2D eigenvalue weighted by Gasteiger charge is -2.07. The van der Waals surface area contributed by atoms with Crippen molar-refractivity contribution < 1.29 is 4.79 Å². The lowest BCUT2D eigenvalue weighted by Crippen LogP contribution is -2.12. The van der Waals surface area contributed by atoms with Gasteiger partial charge in [-0.05, 0) is 73.9 Å². The minimum Gasteiger partial charge on any atom is -0.322 e. The molecule has 3 heterocycles. The van der Waals surface area contributed by atoms with Gasteiger partial charge in [-0.3, -0.25) is 9.20 Å². The number of benzene rings is 2. The van der Waals surface area contributed by atoms with Gasteiger partial charge in [0, 0.05) is 23.4 Å². The number of carbonyl (C=O) groups excluding carboxylic acids is 1. The van der Waals surface area contributed by atoms with Gasteiger partial charge in [-0.25, -0.2) is 4.98 Å². The fraction of sp³-hybridized carbons (Fsp3) is 0.167. The zero-order valence-electron chi connectivity index (χ0n) is 16.9. The van der Waals surface area contributed by atoms with Gasteiger partial charge >= 0.3 is 0 Å². The largest absolute Gasteiger partial charge is 0.322 e. The summed E-state index contributed by atoms with van der Waals surface area (Å²) in [5.74, 6) is 1.26. The van der Waals surface area contributed by atoms with Crippen LogP contribution in [-0.2, 0) is 0 Å². The topological polar surface area (TPSA) is 72.2 Å². The van der Waals surface area contributed by atoms with E-state index in [1.54, 1.807) is 17.4 Å². The lowest BCUT2D eigenvalue weighted by molar-refractivity contribution is 0.102. The number of hydrogen-bond acceptors (Lipinski definition) is 5. The monoisotopic (exact) mass is 425 g/mol. The first-order chi connectivity index (χ1) is 15.1. The van der Waals surface area contributed by atoms with Crippen molar-refractivity contribution in [1.82, 2.24) is 19.6 Å². The number of pyridine rings is 1. The van der Waals surface area contributed by atoms with Gasteiger partial charge in [0.2, 0.25) is 0 Å². The summed E-state index contributed by atoms with van der Waals surface area (Å²) in [7, 11) is 0. The number of hydrogen-bond donors (Lipinski definition) is 1. The molecule has 0 radical (unpaired) electrons. The van der Waals surface area contributed by atoms with Crippen molar-refractivity contribution in [3.63, 3.8) is 0 Å². The molecule has 1 saturated carbocycles. The number of nitrogens with one attached hydrogen (secondary N) is 1. The molecule has 1 aliphatic rings. The molecule has 0 aliphatic heterocycles. The molecule has 6 nitrogen and oxygen atoms in total. The Morgan fingerprint density at radius 2 is 1.90 bits per heavy atom. The summed E-state index contributed by atoms with van der Waals surface area (Å²) in [6, 6.07) is 17.7. The summed E-state index contributed by atoms with van der Waals surface area (Å²) >= 11 is 1.68. The summed E-state index contributed by atoms with van der Waals surface area (Å²) in [5, 5.41) is 12.4.